The molecule has 3 aromatic rings. The van der Waals surface area contributed by atoms with Crippen molar-refractivity contribution in [1.29, 1.82) is 0 Å². The number of esters is 1. The molecule has 0 unspecified atom stereocenters. The number of carbonyl (C=O) groups excluding carboxylic acids is 1. The molecule has 20 heavy (non-hydrogen) atoms. The summed E-state index contributed by atoms with van der Waals surface area (Å²) in [6.07, 6.45) is 3.54. The molecule has 0 atom stereocenters. The van der Waals surface area contributed by atoms with Crippen molar-refractivity contribution >= 4 is 11.7 Å². The van der Waals surface area contributed by atoms with Crippen LogP contribution in [0.1, 0.15) is 23.2 Å². The van der Waals surface area contributed by atoms with Gasteiger partial charge in [-0.25, -0.2) is 9.78 Å². The van der Waals surface area contributed by atoms with Gasteiger partial charge in [0.05, 0.1) is 6.61 Å². The predicted octanol–water partition coefficient (Wildman–Crippen LogP) is 2.42. The number of imidazole rings is 2. The summed E-state index contributed by atoms with van der Waals surface area (Å²) in [7, 11) is 1.78. The number of aromatic nitrogens is 3. The topological polar surface area (TPSA) is 61.7 Å². The maximum absolute atomic E-state index is 11.8. The lowest BCUT2D eigenvalue weighted by atomic mass is 10.3. The molecular weight excluding hydrogens is 258 g/mol. The average molecular weight is 273 g/mol. The lowest BCUT2D eigenvalue weighted by Crippen LogP contribution is -2.09. The first-order valence-corrected chi connectivity index (χ1v) is 6.38. The molecule has 0 saturated heterocycles. The van der Waals surface area contributed by atoms with E-state index in [0.29, 0.717) is 23.8 Å². The van der Waals surface area contributed by atoms with E-state index in [4.69, 9.17) is 9.15 Å². The second-order valence-corrected chi connectivity index (χ2v) is 4.54. The van der Waals surface area contributed by atoms with Gasteiger partial charge in [-0.15, -0.1) is 0 Å². The molecule has 0 aromatic carbocycles. The molecular formula is C14H15N3O3. The van der Waals surface area contributed by atoms with Crippen molar-refractivity contribution < 1.29 is 13.9 Å². The van der Waals surface area contributed by atoms with Crippen molar-refractivity contribution in [3.05, 3.63) is 36.0 Å². The molecule has 0 spiro atoms. The molecule has 104 valence electrons. The van der Waals surface area contributed by atoms with E-state index in [1.165, 1.54) is 0 Å². The lowest BCUT2D eigenvalue weighted by Gasteiger charge is -2.01. The summed E-state index contributed by atoms with van der Waals surface area (Å²) >= 11 is 0. The van der Waals surface area contributed by atoms with Crippen LogP contribution >= 0.6 is 0 Å². The molecule has 0 fully saturated rings. The maximum atomic E-state index is 11.8. The largest absolute Gasteiger partial charge is 0.461 e. The summed E-state index contributed by atoms with van der Waals surface area (Å²) in [5.41, 5.74) is 1.20. The van der Waals surface area contributed by atoms with Gasteiger partial charge in [0, 0.05) is 19.4 Å². The van der Waals surface area contributed by atoms with Crippen LogP contribution < -0.4 is 0 Å². The third-order valence-corrected chi connectivity index (χ3v) is 3.11. The van der Waals surface area contributed by atoms with E-state index in [1.807, 2.05) is 25.3 Å². The Balaban J connectivity index is 2.04. The molecule has 0 aliphatic rings. The normalized spacial score (nSPS) is 11.2. The Labute approximate surface area is 115 Å². The second kappa shape index (κ2) is 4.56. The summed E-state index contributed by atoms with van der Waals surface area (Å²) in [6, 6.07) is 3.77. The number of rotatable bonds is 3. The second-order valence-electron chi connectivity index (χ2n) is 4.54. The van der Waals surface area contributed by atoms with Gasteiger partial charge < -0.3 is 13.7 Å². The van der Waals surface area contributed by atoms with E-state index >= 15 is 0 Å². The fourth-order valence-electron chi connectivity index (χ4n) is 2.14. The summed E-state index contributed by atoms with van der Waals surface area (Å²) in [6.45, 7) is 4.02. The standard InChI is InChI=1S/C14H15N3O3/c1-4-19-13(18)11-8-17-7-10(15-14(17)16(11)3)12-6-5-9(2)20-12/h5-8H,4H2,1-3H3. The third-order valence-electron chi connectivity index (χ3n) is 3.11. The molecule has 0 radical (unpaired) electrons. The average Bonchev–Trinajstić information content (AvgIpc) is 3.06. The van der Waals surface area contributed by atoms with Crippen LogP contribution in [-0.4, -0.2) is 26.5 Å². The first-order chi connectivity index (χ1) is 9.60. The van der Waals surface area contributed by atoms with E-state index in [-0.39, 0.29) is 5.97 Å². The molecule has 3 aromatic heterocycles. The molecule has 3 heterocycles. The van der Waals surface area contributed by atoms with Crippen molar-refractivity contribution in [2.24, 2.45) is 7.05 Å². The highest BCUT2D eigenvalue weighted by molar-refractivity contribution is 5.88. The number of hydrogen-bond acceptors (Lipinski definition) is 4. The number of aryl methyl sites for hydroxylation is 2. The van der Waals surface area contributed by atoms with Gasteiger partial charge in [0.25, 0.3) is 0 Å². The Morgan fingerprint density at radius 2 is 2.20 bits per heavy atom. The van der Waals surface area contributed by atoms with E-state index in [9.17, 15) is 4.79 Å². The molecule has 0 bridgehead atoms. The Morgan fingerprint density at radius 1 is 1.40 bits per heavy atom. The summed E-state index contributed by atoms with van der Waals surface area (Å²) in [4.78, 5) is 16.3. The van der Waals surface area contributed by atoms with Crippen LogP contribution in [0, 0.1) is 6.92 Å². The van der Waals surface area contributed by atoms with Crippen LogP contribution in [0.5, 0.6) is 0 Å². The fourth-order valence-corrected chi connectivity index (χ4v) is 2.14. The number of furan rings is 1. The Morgan fingerprint density at radius 3 is 2.80 bits per heavy atom. The van der Waals surface area contributed by atoms with Crippen molar-refractivity contribution in [2.75, 3.05) is 6.61 Å². The highest BCUT2D eigenvalue weighted by Gasteiger charge is 2.17. The minimum atomic E-state index is -0.351. The summed E-state index contributed by atoms with van der Waals surface area (Å²) in [5.74, 6) is 1.86. The molecule has 6 heteroatoms. The van der Waals surface area contributed by atoms with Gasteiger partial charge in [-0.05, 0) is 26.0 Å². The summed E-state index contributed by atoms with van der Waals surface area (Å²) < 4.78 is 14.1. The number of fused-ring (bicyclic) bond motifs is 1. The summed E-state index contributed by atoms with van der Waals surface area (Å²) in [5, 5.41) is 0. The van der Waals surface area contributed by atoms with E-state index in [2.05, 4.69) is 4.98 Å². The smallest absolute Gasteiger partial charge is 0.356 e. The number of nitrogens with zero attached hydrogens (tertiary/aromatic N) is 3. The maximum Gasteiger partial charge on any atom is 0.356 e. The molecule has 6 nitrogen and oxygen atoms in total. The predicted molar refractivity (Wildman–Crippen MR) is 72.6 cm³/mol. The van der Waals surface area contributed by atoms with Gasteiger partial charge in [0.15, 0.2) is 5.76 Å². The Kier molecular flexibility index (Phi) is 2.85. The van der Waals surface area contributed by atoms with Crippen molar-refractivity contribution in [1.82, 2.24) is 14.0 Å². The molecule has 0 N–H and O–H groups in total. The first kappa shape index (κ1) is 12.5. The molecule has 0 aliphatic heterocycles. The van der Waals surface area contributed by atoms with E-state index in [0.717, 1.165) is 11.5 Å². The first-order valence-electron chi connectivity index (χ1n) is 6.38. The monoisotopic (exact) mass is 273 g/mol. The minimum Gasteiger partial charge on any atom is -0.461 e. The van der Waals surface area contributed by atoms with Crippen LogP contribution in [0.2, 0.25) is 0 Å². The highest BCUT2D eigenvalue weighted by Crippen LogP contribution is 2.22. The van der Waals surface area contributed by atoms with Crippen LogP contribution in [-0.2, 0) is 11.8 Å². The van der Waals surface area contributed by atoms with Gasteiger partial charge in [0.2, 0.25) is 5.78 Å². The van der Waals surface area contributed by atoms with E-state index in [1.54, 1.807) is 29.1 Å². The van der Waals surface area contributed by atoms with Crippen LogP contribution in [0.15, 0.2) is 28.9 Å². The fraction of sp³-hybridized carbons (Fsp3) is 0.286. The quantitative estimate of drug-likeness (QED) is 0.687. The SMILES string of the molecule is CCOC(=O)c1cn2cc(-c3ccc(C)o3)nc2n1C. The van der Waals surface area contributed by atoms with Crippen LogP contribution in [0.4, 0.5) is 0 Å². The van der Waals surface area contributed by atoms with Gasteiger partial charge in [-0.3, -0.25) is 4.40 Å². The Bertz CT molecular complexity index is 779. The molecule has 3 rings (SSSR count). The van der Waals surface area contributed by atoms with Crippen molar-refractivity contribution in [3.63, 3.8) is 0 Å². The molecule has 0 aliphatic carbocycles. The lowest BCUT2D eigenvalue weighted by molar-refractivity contribution is 0.0515. The van der Waals surface area contributed by atoms with Crippen LogP contribution in [0.3, 0.4) is 0 Å². The zero-order chi connectivity index (χ0) is 14.3. The highest BCUT2D eigenvalue weighted by atomic mass is 16.5. The third kappa shape index (κ3) is 1.89. The zero-order valence-corrected chi connectivity index (χ0v) is 11.6. The number of ether oxygens (including phenoxy) is 1. The van der Waals surface area contributed by atoms with Crippen molar-refractivity contribution in [2.45, 2.75) is 13.8 Å². The number of carbonyl (C=O) groups is 1. The van der Waals surface area contributed by atoms with Gasteiger partial charge >= 0.3 is 5.97 Å². The minimum absolute atomic E-state index is 0.350. The molecule has 0 saturated carbocycles. The van der Waals surface area contributed by atoms with Gasteiger partial charge in [-0.2, -0.15) is 0 Å². The number of hydrogen-bond donors (Lipinski definition) is 0. The zero-order valence-electron chi connectivity index (χ0n) is 11.6. The van der Waals surface area contributed by atoms with Crippen molar-refractivity contribution in [3.8, 4) is 11.5 Å². The Hall–Kier alpha value is -2.50. The van der Waals surface area contributed by atoms with Gasteiger partial charge in [0.1, 0.15) is 17.1 Å². The molecule has 0 amide bonds. The van der Waals surface area contributed by atoms with Crippen LogP contribution in [0.25, 0.3) is 17.2 Å². The van der Waals surface area contributed by atoms with E-state index < -0.39 is 0 Å². The van der Waals surface area contributed by atoms with Gasteiger partial charge in [-0.1, -0.05) is 0 Å².